The Labute approximate surface area is 345 Å². The van der Waals surface area contributed by atoms with Gasteiger partial charge in [-0.2, -0.15) is 0 Å². The first-order valence-corrected chi connectivity index (χ1v) is 23.3. The van der Waals surface area contributed by atoms with Gasteiger partial charge in [0.15, 0.2) is 12.4 Å². The number of hydrogen-bond donors (Lipinski definition) is 0. The van der Waals surface area contributed by atoms with Crippen molar-refractivity contribution < 1.29 is 42.9 Å². The number of hydrogen-bond acceptors (Lipinski definition) is 8. The summed E-state index contributed by atoms with van der Waals surface area (Å²) in [6.07, 6.45) is 38.2. The maximum absolute atomic E-state index is 12.7. The topological polar surface area (TPSA) is 111 Å². The molecule has 0 radical (unpaired) electrons. The van der Waals surface area contributed by atoms with Crippen molar-refractivity contribution >= 4 is 17.9 Å². The van der Waals surface area contributed by atoms with Gasteiger partial charge in [0.25, 0.3) is 0 Å². The number of nitrogens with zero attached hydrogens (tertiary/aromatic N) is 1. The smallest absolute Gasteiger partial charge is 0.306 e. The van der Waals surface area contributed by atoms with Gasteiger partial charge in [-0.3, -0.25) is 9.59 Å². The summed E-state index contributed by atoms with van der Waals surface area (Å²) in [5.74, 6) is -2.28. The van der Waals surface area contributed by atoms with Crippen molar-refractivity contribution in [2.75, 3.05) is 47.5 Å². The van der Waals surface area contributed by atoms with Crippen LogP contribution in [-0.2, 0) is 33.3 Å². The Bertz CT molecular complexity index is 934. The number of unbranched alkanes of at least 4 members (excludes halogenated alkanes) is 26. The molecule has 0 amide bonds. The van der Waals surface area contributed by atoms with Crippen LogP contribution in [0.1, 0.15) is 213 Å². The predicted octanol–water partition coefficient (Wildman–Crippen LogP) is 10.9. The summed E-state index contributed by atoms with van der Waals surface area (Å²) in [7, 11) is 5.91. The number of ether oxygens (including phenoxy) is 4. The fourth-order valence-corrected chi connectivity index (χ4v) is 6.58. The minimum absolute atomic E-state index is 0.149. The zero-order valence-electron chi connectivity index (χ0n) is 37.3. The average molecular weight is 796 g/mol. The van der Waals surface area contributed by atoms with E-state index in [-0.39, 0.29) is 32.2 Å². The van der Waals surface area contributed by atoms with Crippen molar-refractivity contribution in [3.05, 3.63) is 12.2 Å². The van der Waals surface area contributed by atoms with Crippen LogP contribution in [0, 0.1) is 0 Å². The first-order chi connectivity index (χ1) is 27.1. The predicted molar refractivity (Wildman–Crippen MR) is 228 cm³/mol. The second-order valence-corrected chi connectivity index (χ2v) is 17.1. The van der Waals surface area contributed by atoms with Gasteiger partial charge < -0.3 is 33.3 Å². The van der Waals surface area contributed by atoms with Crippen LogP contribution in [0.5, 0.6) is 0 Å². The largest absolute Gasteiger partial charge is 0.545 e. The van der Waals surface area contributed by atoms with E-state index in [1.165, 1.54) is 122 Å². The number of allylic oxidation sites excluding steroid dienone is 2. The molecule has 0 rings (SSSR count). The lowest BCUT2D eigenvalue weighted by Gasteiger charge is -2.26. The van der Waals surface area contributed by atoms with Gasteiger partial charge in [0, 0.05) is 12.8 Å². The Morgan fingerprint density at radius 2 is 0.929 bits per heavy atom. The van der Waals surface area contributed by atoms with Crippen LogP contribution in [0.2, 0.25) is 0 Å². The number of quaternary nitrogens is 1. The lowest BCUT2D eigenvalue weighted by molar-refractivity contribution is -0.870. The van der Waals surface area contributed by atoms with E-state index < -0.39 is 24.3 Å². The fourth-order valence-electron chi connectivity index (χ4n) is 6.58. The molecule has 0 aliphatic carbocycles. The van der Waals surface area contributed by atoms with Crippen molar-refractivity contribution in [3.8, 4) is 0 Å². The average Bonchev–Trinajstić information content (AvgIpc) is 3.15. The molecular formula is C47H89NO8. The Kier molecular flexibility index (Phi) is 38.4. The molecule has 2 atom stereocenters. The van der Waals surface area contributed by atoms with Crippen LogP contribution >= 0.6 is 0 Å². The summed E-state index contributed by atoms with van der Waals surface area (Å²) in [5.41, 5.74) is 0. The molecular weight excluding hydrogens is 707 g/mol. The normalized spacial score (nSPS) is 12.9. The number of esters is 2. The van der Waals surface area contributed by atoms with Crippen molar-refractivity contribution in [3.63, 3.8) is 0 Å². The van der Waals surface area contributed by atoms with E-state index in [0.29, 0.717) is 23.9 Å². The second kappa shape index (κ2) is 39.8. The Balaban J connectivity index is 4.29. The molecule has 0 saturated carbocycles. The Hall–Kier alpha value is -1.97. The number of rotatable bonds is 43. The highest BCUT2D eigenvalue weighted by Crippen LogP contribution is 2.16. The molecule has 0 N–H and O–H groups in total. The van der Waals surface area contributed by atoms with Gasteiger partial charge in [0.05, 0.1) is 40.3 Å². The monoisotopic (exact) mass is 796 g/mol. The van der Waals surface area contributed by atoms with Gasteiger partial charge in [-0.1, -0.05) is 180 Å². The summed E-state index contributed by atoms with van der Waals surface area (Å²) in [4.78, 5) is 36.9. The molecule has 0 aliphatic rings. The number of likely N-dealkylation sites (N-methyl/N-ethyl adjacent to an activating group) is 1. The van der Waals surface area contributed by atoms with E-state index >= 15 is 0 Å². The molecule has 9 nitrogen and oxygen atoms in total. The summed E-state index contributed by atoms with van der Waals surface area (Å²) in [6, 6.07) is 0. The van der Waals surface area contributed by atoms with Crippen LogP contribution in [0.3, 0.4) is 0 Å². The number of carbonyl (C=O) groups is 3. The Morgan fingerprint density at radius 3 is 1.38 bits per heavy atom. The highest BCUT2D eigenvalue weighted by atomic mass is 16.7. The molecule has 0 aliphatic heterocycles. The van der Waals surface area contributed by atoms with Crippen LogP contribution in [0.15, 0.2) is 12.2 Å². The van der Waals surface area contributed by atoms with Crippen LogP contribution < -0.4 is 5.11 Å². The Morgan fingerprint density at radius 1 is 0.518 bits per heavy atom. The molecule has 0 aromatic carbocycles. The van der Waals surface area contributed by atoms with Gasteiger partial charge >= 0.3 is 11.9 Å². The first-order valence-electron chi connectivity index (χ1n) is 23.3. The molecule has 0 aromatic heterocycles. The number of aliphatic carboxylic acids is 1. The van der Waals surface area contributed by atoms with Gasteiger partial charge in [-0.25, -0.2) is 0 Å². The molecule has 9 heteroatoms. The van der Waals surface area contributed by atoms with E-state index in [0.717, 1.165) is 57.8 Å². The minimum Gasteiger partial charge on any atom is -0.545 e. The van der Waals surface area contributed by atoms with Crippen LogP contribution in [-0.4, -0.2) is 82.3 Å². The van der Waals surface area contributed by atoms with Crippen LogP contribution in [0.25, 0.3) is 0 Å². The van der Waals surface area contributed by atoms with Gasteiger partial charge in [-0.05, 0) is 32.1 Å². The molecule has 2 unspecified atom stereocenters. The van der Waals surface area contributed by atoms with E-state index in [1.807, 2.05) is 21.1 Å². The highest BCUT2D eigenvalue weighted by Gasteiger charge is 2.21. The summed E-state index contributed by atoms with van der Waals surface area (Å²) < 4.78 is 22.5. The van der Waals surface area contributed by atoms with E-state index in [1.54, 1.807) is 0 Å². The van der Waals surface area contributed by atoms with Crippen molar-refractivity contribution in [2.45, 2.75) is 225 Å². The molecule has 0 spiro atoms. The minimum atomic E-state index is -1.62. The van der Waals surface area contributed by atoms with Crippen LogP contribution in [0.4, 0.5) is 0 Å². The van der Waals surface area contributed by atoms with E-state index in [4.69, 9.17) is 18.9 Å². The summed E-state index contributed by atoms with van der Waals surface area (Å²) in [5, 5.41) is 11.7. The third kappa shape index (κ3) is 40.2. The number of carboxylic acid groups (broad SMARTS) is 1. The lowest BCUT2D eigenvalue weighted by atomic mass is 10.0. The van der Waals surface area contributed by atoms with Crippen molar-refractivity contribution in [1.29, 1.82) is 0 Å². The molecule has 330 valence electrons. The number of carboxylic acids is 1. The molecule has 0 saturated heterocycles. The van der Waals surface area contributed by atoms with Gasteiger partial charge in [0.1, 0.15) is 13.2 Å². The SMILES string of the molecule is CCCC/C=C\CCCCCCCC(=O)OC(COC(=O)CCCCCCCCCCCCCCCCCCCCCC)COC(OCC[N+](C)(C)C)C(=O)[O-]. The number of carbonyl (C=O) groups excluding carboxylic acids is 3. The van der Waals surface area contributed by atoms with Gasteiger partial charge in [0.2, 0.25) is 0 Å². The fraction of sp³-hybridized carbons (Fsp3) is 0.894. The van der Waals surface area contributed by atoms with Crippen molar-refractivity contribution in [1.82, 2.24) is 0 Å². The lowest BCUT2D eigenvalue weighted by Crippen LogP contribution is -2.44. The first kappa shape index (κ1) is 54.0. The maximum atomic E-state index is 12.7. The third-order valence-electron chi connectivity index (χ3n) is 10.3. The molecule has 0 bridgehead atoms. The zero-order chi connectivity index (χ0) is 41.4. The third-order valence-corrected chi connectivity index (χ3v) is 10.3. The molecule has 0 heterocycles. The molecule has 56 heavy (non-hydrogen) atoms. The molecule has 0 aromatic rings. The highest BCUT2D eigenvalue weighted by molar-refractivity contribution is 5.70. The second-order valence-electron chi connectivity index (χ2n) is 17.1. The maximum Gasteiger partial charge on any atom is 0.306 e. The van der Waals surface area contributed by atoms with Crippen molar-refractivity contribution in [2.24, 2.45) is 0 Å². The quantitative estimate of drug-likeness (QED) is 0.0197. The summed E-state index contributed by atoms with van der Waals surface area (Å²) >= 11 is 0. The standard InChI is InChI=1S/C47H89NO8/c1-6-8-10-12-14-16-18-19-20-21-22-23-24-25-26-28-29-31-33-35-37-44(49)54-41-43(42-55-47(46(51)52)53-40-39-48(3,4)5)56-45(50)38-36-34-32-30-27-17-15-13-11-9-7-2/h13,15,43,47H,6-12,14,16-42H2,1-5H3/b15-13-. The zero-order valence-corrected chi connectivity index (χ0v) is 37.3. The van der Waals surface area contributed by atoms with Gasteiger partial charge in [-0.15, -0.1) is 0 Å². The summed E-state index contributed by atoms with van der Waals surface area (Å²) in [6.45, 7) is 4.71. The van der Waals surface area contributed by atoms with E-state index in [2.05, 4.69) is 26.0 Å². The van der Waals surface area contributed by atoms with E-state index in [9.17, 15) is 19.5 Å². The molecule has 0 fully saturated rings.